The van der Waals surface area contributed by atoms with Gasteiger partial charge in [0.25, 0.3) is 0 Å². The van der Waals surface area contributed by atoms with Crippen LogP contribution >= 0.6 is 23.2 Å². The molecule has 0 bridgehead atoms. The molecule has 0 atom stereocenters. The van der Waals surface area contributed by atoms with E-state index in [9.17, 15) is 9.90 Å². The van der Waals surface area contributed by atoms with Gasteiger partial charge in [0, 0.05) is 13.1 Å². The first-order valence-corrected chi connectivity index (χ1v) is 7.11. The lowest BCUT2D eigenvalue weighted by Crippen LogP contribution is -2.40. The molecule has 110 valence electrons. The fraction of sp³-hybridized carbons (Fsp3) is 0.500. The van der Waals surface area contributed by atoms with Crippen molar-refractivity contribution in [3.63, 3.8) is 0 Å². The van der Waals surface area contributed by atoms with Crippen LogP contribution in [0.15, 0.2) is 6.07 Å². The first-order chi connectivity index (χ1) is 9.19. The number of hydrogen-bond donors (Lipinski definition) is 1. The third kappa shape index (κ3) is 3.13. The third-order valence-electron chi connectivity index (χ3n) is 3.03. The van der Waals surface area contributed by atoms with E-state index < -0.39 is 5.60 Å². The fourth-order valence-corrected chi connectivity index (χ4v) is 2.71. The summed E-state index contributed by atoms with van der Waals surface area (Å²) in [6.45, 7) is 6.37. The number of benzene rings is 1. The van der Waals surface area contributed by atoms with Crippen molar-refractivity contribution in [3.05, 3.63) is 27.2 Å². The summed E-state index contributed by atoms with van der Waals surface area (Å²) >= 11 is 12.0. The van der Waals surface area contributed by atoms with Crippen LogP contribution in [0.3, 0.4) is 0 Å². The van der Waals surface area contributed by atoms with Crippen molar-refractivity contribution in [2.75, 3.05) is 6.54 Å². The van der Waals surface area contributed by atoms with Crippen LogP contribution < -0.4 is 0 Å². The highest BCUT2D eigenvalue weighted by molar-refractivity contribution is 6.37. The van der Waals surface area contributed by atoms with Crippen molar-refractivity contribution in [3.8, 4) is 5.75 Å². The molecular formula is C14H17Cl2NO3. The van der Waals surface area contributed by atoms with Crippen LogP contribution in [-0.4, -0.2) is 28.2 Å². The Labute approximate surface area is 128 Å². The number of rotatable bonds is 0. The summed E-state index contributed by atoms with van der Waals surface area (Å²) in [5, 5.41) is 10.2. The van der Waals surface area contributed by atoms with Gasteiger partial charge in [0.15, 0.2) is 5.75 Å². The molecular weight excluding hydrogens is 301 g/mol. The molecule has 6 heteroatoms. The van der Waals surface area contributed by atoms with Gasteiger partial charge in [-0.05, 0) is 44.4 Å². The van der Waals surface area contributed by atoms with Crippen molar-refractivity contribution in [1.29, 1.82) is 0 Å². The number of ether oxygens (including phenoxy) is 1. The fourth-order valence-electron chi connectivity index (χ4n) is 2.12. The standard InChI is InChI=1S/C14H17Cl2NO3/c1-14(2,3)20-13(19)17-5-4-9-8(7-17)6-10(15)12(18)11(9)16/h6,18H,4-5,7H2,1-3H3. The Bertz CT molecular complexity index is 552. The second kappa shape index (κ2) is 5.34. The number of carbonyl (C=O) groups is 1. The van der Waals surface area contributed by atoms with Gasteiger partial charge in [-0.2, -0.15) is 0 Å². The predicted octanol–water partition coefficient (Wildman–Crippen LogP) is 3.99. The first-order valence-electron chi connectivity index (χ1n) is 6.35. The molecule has 0 fully saturated rings. The monoisotopic (exact) mass is 317 g/mol. The maximum absolute atomic E-state index is 12.0. The number of nitrogens with zero attached hydrogens (tertiary/aromatic N) is 1. The molecule has 0 saturated heterocycles. The summed E-state index contributed by atoms with van der Waals surface area (Å²) in [5.41, 5.74) is 1.16. The summed E-state index contributed by atoms with van der Waals surface area (Å²) < 4.78 is 5.35. The van der Waals surface area contributed by atoms with Crippen molar-refractivity contribution in [2.45, 2.75) is 39.3 Å². The summed E-state index contributed by atoms with van der Waals surface area (Å²) in [7, 11) is 0. The van der Waals surface area contributed by atoms with Crippen molar-refractivity contribution < 1.29 is 14.6 Å². The smallest absolute Gasteiger partial charge is 0.410 e. The Kier molecular flexibility index (Phi) is 4.07. The van der Waals surface area contributed by atoms with Crippen LogP contribution in [0, 0.1) is 0 Å². The van der Waals surface area contributed by atoms with Crippen LogP contribution in [-0.2, 0) is 17.7 Å². The lowest BCUT2D eigenvalue weighted by atomic mass is 9.99. The highest BCUT2D eigenvalue weighted by Crippen LogP contribution is 2.39. The minimum Gasteiger partial charge on any atom is -0.505 e. The van der Waals surface area contributed by atoms with E-state index in [1.807, 2.05) is 20.8 Å². The third-order valence-corrected chi connectivity index (χ3v) is 3.73. The molecule has 1 aliphatic rings. The summed E-state index contributed by atoms with van der Waals surface area (Å²) in [5.74, 6) is -0.0993. The number of phenolic OH excluding ortho intramolecular Hbond substituents is 1. The Morgan fingerprint density at radius 2 is 2.05 bits per heavy atom. The minimum atomic E-state index is -0.526. The zero-order valence-corrected chi connectivity index (χ0v) is 13.2. The SMILES string of the molecule is CC(C)(C)OC(=O)N1CCc2c(cc(Cl)c(O)c2Cl)C1. The van der Waals surface area contributed by atoms with Gasteiger partial charge in [-0.1, -0.05) is 23.2 Å². The molecule has 0 aromatic heterocycles. The van der Waals surface area contributed by atoms with Crippen molar-refractivity contribution in [1.82, 2.24) is 4.90 Å². The number of fused-ring (bicyclic) bond motifs is 1. The van der Waals surface area contributed by atoms with Crippen molar-refractivity contribution >= 4 is 29.3 Å². The zero-order chi connectivity index (χ0) is 15.1. The molecule has 0 saturated carbocycles. The lowest BCUT2D eigenvalue weighted by Gasteiger charge is -2.31. The molecule has 1 N–H and O–H groups in total. The Morgan fingerprint density at radius 3 is 2.65 bits per heavy atom. The average Bonchev–Trinajstić information content (AvgIpc) is 2.33. The second-order valence-electron chi connectivity index (χ2n) is 5.81. The maximum atomic E-state index is 12.0. The molecule has 0 unspecified atom stereocenters. The molecule has 0 radical (unpaired) electrons. The molecule has 20 heavy (non-hydrogen) atoms. The van der Waals surface area contributed by atoms with E-state index in [-0.39, 0.29) is 21.9 Å². The Morgan fingerprint density at radius 1 is 1.40 bits per heavy atom. The summed E-state index contributed by atoms with van der Waals surface area (Å²) in [6.07, 6.45) is 0.210. The van der Waals surface area contributed by atoms with Gasteiger partial charge in [-0.15, -0.1) is 0 Å². The van der Waals surface area contributed by atoms with E-state index in [4.69, 9.17) is 27.9 Å². The van der Waals surface area contributed by atoms with Crippen LogP contribution in [0.2, 0.25) is 10.0 Å². The largest absolute Gasteiger partial charge is 0.505 e. The molecule has 1 aliphatic heterocycles. The van der Waals surface area contributed by atoms with Gasteiger partial charge in [0.1, 0.15) is 5.60 Å². The lowest BCUT2D eigenvalue weighted by molar-refractivity contribution is 0.0224. The molecule has 1 aromatic rings. The molecule has 4 nitrogen and oxygen atoms in total. The van der Waals surface area contributed by atoms with Crippen LogP contribution in [0.25, 0.3) is 0 Å². The van der Waals surface area contributed by atoms with E-state index in [1.54, 1.807) is 11.0 Å². The number of aromatic hydroxyl groups is 1. The van der Waals surface area contributed by atoms with E-state index >= 15 is 0 Å². The maximum Gasteiger partial charge on any atom is 0.410 e. The topological polar surface area (TPSA) is 49.8 Å². The molecule has 1 heterocycles. The normalized spacial score (nSPS) is 14.9. The molecule has 0 spiro atoms. The number of hydrogen-bond acceptors (Lipinski definition) is 3. The Balaban J connectivity index is 2.21. The molecule has 2 rings (SSSR count). The average molecular weight is 318 g/mol. The van der Waals surface area contributed by atoms with E-state index in [0.29, 0.717) is 19.5 Å². The van der Waals surface area contributed by atoms with Gasteiger partial charge in [-0.25, -0.2) is 4.79 Å². The van der Waals surface area contributed by atoms with Gasteiger partial charge in [0.2, 0.25) is 0 Å². The van der Waals surface area contributed by atoms with Gasteiger partial charge < -0.3 is 14.7 Å². The van der Waals surface area contributed by atoms with E-state index in [1.165, 1.54) is 0 Å². The van der Waals surface area contributed by atoms with Crippen LogP contribution in [0.1, 0.15) is 31.9 Å². The molecule has 1 aromatic carbocycles. The second-order valence-corrected chi connectivity index (χ2v) is 6.60. The summed E-state index contributed by atoms with van der Waals surface area (Å²) in [4.78, 5) is 13.7. The Hall–Kier alpha value is -1.13. The zero-order valence-electron chi connectivity index (χ0n) is 11.7. The number of amides is 1. The van der Waals surface area contributed by atoms with Crippen LogP contribution in [0.5, 0.6) is 5.75 Å². The quantitative estimate of drug-likeness (QED) is 0.787. The number of phenols is 1. The van der Waals surface area contributed by atoms with Gasteiger partial charge in [-0.3, -0.25) is 0 Å². The highest BCUT2D eigenvalue weighted by atomic mass is 35.5. The van der Waals surface area contributed by atoms with Gasteiger partial charge in [0.05, 0.1) is 10.0 Å². The number of carbonyl (C=O) groups excluding carboxylic acids is 1. The highest BCUT2D eigenvalue weighted by Gasteiger charge is 2.28. The summed E-state index contributed by atoms with van der Waals surface area (Å²) in [6, 6.07) is 1.65. The van der Waals surface area contributed by atoms with E-state index in [0.717, 1.165) is 11.1 Å². The predicted molar refractivity (Wildman–Crippen MR) is 78.5 cm³/mol. The van der Waals surface area contributed by atoms with E-state index in [2.05, 4.69) is 0 Å². The molecule has 0 aliphatic carbocycles. The number of halogens is 2. The first kappa shape index (κ1) is 15.3. The minimum absolute atomic E-state index is 0.0993. The van der Waals surface area contributed by atoms with Crippen molar-refractivity contribution in [2.24, 2.45) is 0 Å². The van der Waals surface area contributed by atoms with Crippen LogP contribution in [0.4, 0.5) is 4.79 Å². The molecule has 1 amide bonds. The van der Waals surface area contributed by atoms with Gasteiger partial charge >= 0.3 is 6.09 Å².